The Balaban J connectivity index is 1.72. The Labute approximate surface area is 174 Å². The number of aromatic nitrogens is 2. The van der Waals surface area contributed by atoms with Crippen LogP contribution in [0.5, 0.6) is 5.75 Å². The Morgan fingerprint density at radius 3 is 2.77 bits per heavy atom. The monoisotopic (exact) mass is 404 g/mol. The molecule has 30 heavy (non-hydrogen) atoms. The van der Waals surface area contributed by atoms with Crippen molar-refractivity contribution in [3.63, 3.8) is 0 Å². The van der Waals surface area contributed by atoms with Gasteiger partial charge in [-0.2, -0.15) is 9.78 Å². The zero-order chi connectivity index (χ0) is 20.9. The Hall–Kier alpha value is -3.48. The van der Waals surface area contributed by atoms with Gasteiger partial charge in [0.1, 0.15) is 11.6 Å². The highest BCUT2D eigenvalue weighted by molar-refractivity contribution is 5.81. The molecular weight excluding hydrogens is 380 g/mol. The van der Waals surface area contributed by atoms with Crippen LogP contribution in [-0.4, -0.2) is 28.4 Å². The molecule has 1 fully saturated rings. The first-order chi connectivity index (χ1) is 14.6. The smallest absolute Gasteiger partial charge is 0.282 e. The Bertz CT molecular complexity index is 1150. The number of amides is 1. The van der Waals surface area contributed by atoms with Crippen molar-refractivity contribution < 1.29 is 9.53 Å². The third-order valence-corrected chi connectivity index (χ3v) is 5.31. The summed E-state index contributed by atoms with van der Waals surface area (Å²) in [6.07, 6.45) is 7.12. The van der Waals surface area contributed by atoms with Crippen molar-refractivity contribution in [1.82, 2.24) is 9.66 Å². The van der Waals surface area contributed by atoms with E-state index in [1.807, 2.05) is 24.3 Å². The standard InChI is InChI=1S/C23H24N4O3/c24-21(28)15-30-18-10-6-7-16(13-18)14-25-27-22(17-8-2-1-3-9-17)26-20-12-5-4-11-19(20)23(27)29/h4-7,10-14,17H,1-3,8-9,15H2,(H2,24,28). The lowest BCUT2D eigenvalue weighted by Gasteiger charge is -2.22. The van der Waals surface area contributed by atoms with Crippen molar-refractivity contribution in [2.45, 2.75) is 38.0 Å². The maximum absolute atomic E-state index is 13.2. The lowest BCUT2D eigenvalue weighted by atomic mass is 9.88. The van der Waals surface area contributed by atoms with Gasteiger partial charge >= 0.3 is 0 Å². The number of nitrogens with zero attached hydrogens (tertiary/aromatic N) is 3. The summed E-state index contributed by atoms with van der Waals surface area (Å²) in [5.74, 6) is 0.906. The molecule has 4 rings (SSSR count). The number of fused-ring (bicyclic) bond motifs is 1. The topological polar surface area (TPSA) is 99.6 Å². The van der Waals surface area contributed by atoms with E-state index in [1.165, 1.54) is 11.1 Å². The second-order valence-corrected chi connectivity index (χ2v) is 7.51. The van der Waals surface area contributed by atoms with E-state index in [1.54, 1.807) is 30.5 Å². The molecule has 1 heterocycles. The van der Waals surface area contributed by atoms with E-state index >= 15 is 0 Å². The molecule has 0 unspecified atom stereocenters. The van der Waals surface area contributed by atoms with Crippen LogP contribution in [0.1, 0.15) is 49.4 Å². The van der Waals surface area contributed by atoms with Crippen LogP contribution in [0.25, 0.3) is 10.9 Å². The molecule has 1 aliphatic carbocycles. The molecule has 154 valence electrons. The van der Waals surface area contributed by atoms with Gasteiger partial charge in [-0.1, -0.05) is 43.5 Å². The summed E-state index contributed by atoms with van der Waals surface area (Å²) in [5.41, 5.74) is 6.41. The van der Waals surface area contributed by atoms with Gasteiger partial charge < -0.3 is 10.5 Å². The molecule has 2 aromatic carbocycles. The number of hydrogen-bond acceptors (Lipinski definition) is 5. The summed E-state index contributed by atoms with van der Waals surface area (Å²) in [4.78, 5) is 28.9. The fourth-order valence-electron chi connectivity index (χ4n) is 3.84. The normalized spacial score (nSPS) is 14.9. The van der Waals surface area contributed by atoms with Crippen molar-refractivity contribution in [2.24, 2.45) is 10.8 Å². The van der Waals surface area contributed by atoms with Gasteiger partial charge in [-0.25, -0.2) is 4.98 Å². The molecule has 1 saturated carbocycles. The number of ether oxygens (including phenoxy) is 1. The van der Waals surface area contributed by atoms with Crippen LogP contribution in [-0.2, 0) is 4.79 Å². The molecule has 2 N–H and O–H groups in total. The van der Waals surface area contributed by atoms with Crippen molar-refractivity contribution in [3.8, 4) is 5.75 Å². The zero-order valence-corrected chi connectivity index (χ0v) is 16.7. The molecule has 1 aliphatic rings. The largest absolute Gasteiger partial charge is 0.484 e. The minimum atomic E-state index is -0.542. The fourth-order valence-corrected chi connectivity index (χ4v) is 3.84. The number of primary amides is 1. The number of nitrogens with two attached hydrogens (primary N) is 1. The number of carbonyl (C=O) groups is 1. The Morgan fingerprint density at radius 2 is 1.97 bits per heavy atom. The van der Waals surface area contributed by atoms with E-state index in [9.17, 15) is 9.59 Å². The van der Waals surface area contributed by atoms with Crippen LogP contribution in [0, 0.1) is 0 Å². The van der Waals surface area contributed by atoms with Gasteiger partial charge in [0.25, 0.3) is 11.5 Å². The van der Waals surface area contributed by atoms with Gasteiger partial charge in [0.2, 0.25) is 0 Å². The van der Waals surface area contributed by atoms with Crippen molar-refractivity contribution >= 4 is 23.0 Å². The first-order valence-electron chi connectivity index (χ1n) is 10.2. The number of rotatable bonds is 6. The van der Waals surface area contributed by atoms with Crippen LogP contribution >= 0.6 is 0 Å². The highest BCUT2D eigenvalue weighted by Gasteiger charge is 2.22. The number of para-hydroxylation sites is 1. The lowest BCUT2D eigenvalue weighted by Crippen LogP contribution is -2.25. The molecule has 0 atom stereocenters. The first kappa shape index (κ1) is 19.8. The minimum Gasteiger partial charge on any atom is -0.484 e. The van der Waals surface area contributed by atoms with Gasteiger partial charge in [0, 0.05) is 5.92 Å². The summed E-state index contributed by atoms with van der Waals surface area (Å²) in [7, 11) is 0. The van der Waals surface area contributed by atoms with Crippen LogP contribution < -0.4 is 16.0 Å². The molecule has 0 bridgehead atoms. The number of benzene rings is 2. The summed E-state index contributed by atoms with van der Waals surface area (Å²) < 4.78 is 6.78. The van der Waals surface area contributed by atoms with Gasteiger partial charge in [-0.15, -0.1) is 0 Å². The zero-order valence-electron chi connectivity index (χ0n) is 16.7. The molecule has 0 saturated heterocycles. The molecule has 1 amide bonds. The van der Waals surface area contributed by atoms with Crippen molar-refractivity contribution in [2.75, 3.05) is 6.61 Å². The highest BCUT2D eigenvalue weighted by atomic mass is 16.5. The molecule has 3 aromatic rings. The van der Waals surface area contributed by atoms with E-state index in [0.29, 0.717) is 16.7 Å². The third kappa shape index (κ3) is 4.40. The van der Waals surface area contributed by atoms with Crippen molar-refractivity contribution in [1.29, 1.82) is 0 Å². The molecule has 0 aliphatic heterocycles. The first-order valence-corrected chi connectivity index (χ1v) is 10.2. The lowest BCUT2D eigenvalue weighted by molar-refractivity contribution is -0.119. The number of hydrogen-bond donors (Lipinski definition) is 1. The minimum absolute atomic E-state index is 0.168. The summed E-state index contributed by atoms with van der Waals surface area (Å²) >= 11 is 0. The Morgan fingerprint density at radius 1 is 1.17 bits per heavy atom. The summed E-state index contributed by atoms with van der Waals surface area (Å²) in [6, 6.07) is 14.5. The Kier molecular flexibility index (Phi) is 5.88. The van der Waals surface area contributed by atoms with E-state index < -0.39 is 5.91 Å². The molecule has 0 radical (unpaired) electrons. The van der Waals surface area contributed by atoms with Crippen LogP contribution in [0.2, 0.25) is 0 Å². The molecule has 7 nitrogen and oxygen atoms in total. The SMILES string of the molecule is NC(=O)COc1cccc(C=Nn2c(C3CCCCC3)nc3ccccc3c2=O)c1. The summed E-state index contributed by atoms with van der Waals surface area (Å²) in [6.45, 7) is -0.194. The average Bonchev–Trinajstić information content (AvgIpc) is 2.78. The van der Waals surface area contributed by atoms with Gasteiger partial charge in [0.15, 0.2) is 6.61 Å². The van der Waals surface area contributed by atoms with Gasteiger partial charge in [0.05, 0.1) is 17.1 Å². The van der Waals surface area contributed by atoms with Crippen LogP contribution in [0.3, 0.4) is 0 Å². The van der Waals surface area contributed by atoms with Crippen molar-refractivity contribution in [3.05, 3.63) is 70.3 Å². The van der Waals surface area contributed by atoms with E-state index in [2.05, 4.69) is 5.10 Å². The van der Waals surface area contributed by atoms with Crippen LogP contribution in [0.4, 0.5) is 0 Å². The highest BCUT2D eigenvalue weighted by Crippen LogP contribution is 2.31. The average molecular weight is 404 g/mol. The van der Waals surface area contributed by atoms with Crippen LogP contribution in [0.15, 0.2) is 58.4 Å². The van der Waals surface area contributed by atoms with E-state index in [4.69, 9.17) is 15.5 Å². The second-order valence-electron chi connectivity index (χ2n) is 7.51. The quantitative estimate of drug-likeness (QED) is 0.638. The van der Waals surface area contributed by atoms with E-state index in [0.717, 1.165) is 37.1 Å². The predicted molar refractivity (Wildman–Crippen MR) is 116 cm³/mol. The second kappa shape index (κ2) is 8.90. The van der Waals surface area contributed by atoms with Gasteiger partial charge in [-0.05, 0) is 42.7 Å². The molecule has 7 heteroatoms. The molecular formula is C23H24N4O3. The summed E-state index contributed by atoms with van der Waals surface area (Å²) in [5, 5.41) is 5.06. The maximum Gasteiger partial charge on any atom is 0.282 e. The molecule has 1 aromatic heterocycles. The fraction of sp³-hybridized carbons (Fsp3) is 0.304. The van der Waals surface area contributed by atoms with Gasteiger partial charge in [-0.3, -0.25) is 9.59 Å². The number of carbonyl (C=O) groups excluding carboxylic acids is 1. The predicted octanol–water partition coefficient (Wildman–Crippen LogP) is 3.19. The molecule has 0 spiro atoms. The maximum atomic E-state index is 13.2. The van der Waals surface area contributed by atoms with E-state index in [-0.39, 0.29) is 18.1 Å². The third-order valence-electron chi connectivity index (χ3n) is 5.31.